The van der Waals surface area contributed by atoms with Crippen LogP contribution >= 0.6 is 11.8 Å². The van der Waals surface area contributed by atoms with E-state index in [-0.39, 0.29) is 17.7 Å². The van der Waals surface area contributed by atoms with Gasteiger partial charge in [-0.25, -0.2) is 0 Å². The molecule has 3 heterocycles. The van der Waals surface area contributed by atoms with Crippen molar-refractivity contribution in [1.82, 2.24) is 25.1 Å². The van der Waals surface area contributed by atoms with Crippen LogP contribution in [0.1, 0.15) is 24.1 Å². The number of aromatic nitrogens is 4. The van der Waals surface area contributed by atoms with Gasteiger partial charge in [-0.3, -0.25) is 14.3 Å². The SMILES string of the molecule is CC(NC(=O)CSc1nnc(-c2cccnc2)n1Cc1ccccc1)c1ccc2c(c1)OCCO2. The molecule has 1 aliphatic heterocycles. The summed E-state index contributed by atoms with van der Waals surface area (Å²) in [5.41, 5.74) is 2.95. The van der Waals surface area contributed by atoms with Crippen LogP contribution in [0.3, 0.4) is 0 Å². The second-order valence-electron chi connectivity index (χ2n) is 8.10. The van der Waals surface area contributed by atoms with E-state index in [1.54, 1.807) is 12.4 Å². The van der Waals surface area contributed by atoms with Gasteiger partial charge in [0.2, 0.25) is 5.91 Å². The molecule has 0 fully saturated rings. The van der Waals surface area contributed by atoms with Crippen LogP contribution in [-0.2, 0) is 11.3 Å². The van der Waals surface area contributed by atoms with Crippen molar-refractivity contribution in [3.8, 4) is 22.9 Å². The number of pyridine rings is 1. The Hall–Kier alpha value is -3.85. The number of fused-ring (bicyclic) bond motifs is 1. The Morgan fingerprint density at radius 1 is 1.06 bits per heavy atom. The standard InChI is InChI=1S/C26H25N5O3S/c1-18(20-9-10-22-23(14-20)34-13-12-33-22)28-24(32)17-35-26-30-29-25(21-8-5-11-27-15-21)31(26)16-19-6-3-2-4-7-19/h2-11,14-15,18H,12-13,16-17H2,1H3,(H,28,32). The van der Waals surface area contributed by atoms with E-state index >= 15 is 0 Å². The number of thioether (sulfide) groups is 1. The minimum Gasteiger partial charge on any atom is -0.486 e. The highest BCUT2D eigenvalue weighted by atomic mass is 32.2. The van der Waals surface area contributed by atoms with Gasteiger partial charge in [0.05, 0.1) is 18.3 Å². The number of carbonyl (C=O) groups excluding carboxylic acids is 1. The molecular weight excluding hydrogens is 462 g/mol. The highest BCUT2D eigenvalue weighted by molar-refractivity contribution is 7.99. The molecule has 1 N–H and O–H groups in total. The van der Waals surface area contributed by atoms with Crippen LogP contribution in [0.5, 0.6) is 11.5 Å². The Labute approximate surface area is 207 Å². The zero-order chi connectivity index (χ0) is 24.0. The lowest BCUT2D eigenvalue weighted by Gasteiger charge is -2.21. The number of rotatable bonds is 8. The predicted octanol–water partition coefficient (Wildman–Crippen LogP) is 4.13. The van der Waals surface area contributed by atoms with Crippen LogP contribution < -0.4 is 14.8 Å². The summed E-state index contributed by atoms with van der Waals surface area (Å²) in [5.74, 6) is 2.29. The van der Waals surface area contributed by atoms with E-state index in [4.69, 9.17) is 9.47 Å². The smallest absolute Gasteiger partial charge is 0.230 e. The van der Waals surface area contributed by atoms with E-state index in [9.17, 15) is 4.79 Å². The van der Waals surface area contributed by atoms with Gasteiger partial charge in [0.15, 0.2) is 22.5 Å². The van der Waals surface area contributed by atoms with Crippen LogP contribution in [0.15, 0.2) is 78.2 Å². The Bertz CT molecular complexity index is 1300. The summed E-state index contributed by atoms with van der Waals surface area (Å²) in [5, 5.41) is 12.5. The molecule has 8 nitrogen and oxygen atoms in total. The van der Waals surface area contributed by atoms with Crippen LogP contribution in [0.2, 0.25) is 0 Å². The minimum atomic E-state index is -0.174. The summed E-state index contributed by atoms with van der Waals surface area (Å²) >= 11 is 1.36. The molecule has 0 saturated carbocycles. The summed E-state index contributed by atoms with van der Waals surface area (Å²) in [6.07, 6.45) is 3.49. The van der Waals surface area contributed by atoms with Crippen molar-refractivity contribution in [3.05, 3.63) is 84.2 Å². The fourth-order valence-corrected chi connectivity index (χ4v) is 4.59. The Kier molecular flexibility index (Phi) is 6.94. The average molecular weight is 488 g/mol. The van der Waals surface area contributed by atoms with Gasteiger partial charge in [0.1, 0.15) is 13.2 Å². The van der Waals surface area contributed by atoms with Gasteiger partial charge in [-0.2, -0.15) is 0 Å². The fourth-order valence-electron chi connectivity index (χ4n) is 3.84. The first-order valence-corrected chi connectivity index (χ1v) is 12.3. The van der Waals surface area contributed by atoms with Crippen molar-refractivity contribution in [3.63, 3.8) is 0 Å². The third-order valence-electron chi connectivity index (χ3n) is 5.60. The van der Waals surface area contributed by atoms with E-state index < -0.39 is 0 Å². The Balaban J connectivity index is 1.28. The highest BCUT2D eigenvalue weighted by Gasteiger charge is 2.19. The summed E-state index contributed by atoms with van der Waals surface area (Å²) in [4.78, 5) is 17.0. The molecule has 0 aliphatic carbocycles. The lowest BCUT2D eigenvalue weighted by molar-refractivity contribution is -0.119. The summed E-state index contributed by atoms with van der Waals surface area (Å²) < 4.78 is 13.3. The minimum absolute atomic E-state index is 0.0884. The third kappa shape index (κ3) is 5.46. The highest BCUT2D eigenvalue weighted by Crippen LogP contribution is 2.32. The van der Waals surface area contributed by atoms with E-state index in [2.05, 4.69) is 32.6 Å². The number of carbonyl (C=O) groups is 1. The van der Waals surface area contributed by atoms with Crippen LogP contribution in [0, 0.1) is 0 Å². The first-order valence-electron chi connectivity index (χ1n) is 11.4. The molecule has 1 unspecified atom stereocenters. The maximum atomic E-state index is 12.8. The van der Waals surface area contributed by atoms with Gasteiger partial charge < -0.3 is 14.8 Å². The lowest BCUT2D eigenvalue weighted by Crippen LogP contribution is -2.28. The van der Waals surface area contributed by atoms with Crippen LogP contribution in [0.4, 0.5) is 0 Å². The Morgan fingerprint density at radius 3 is 2.69 bits per heavy atom. The van der Waals surface area contributed by atoms with Gasteiger partial charge >= 0.3 is 0 Å². The molecule has 2 aromatic carbocycles. The molecule has 1 amide bonds. The third-order valence-corrected chi connectivity index (χ3v) is 6.56. The quantitative estimate of drug-likeness (QED) is 0.374. The van der Waals surface area contributed by atoms with Gasteiger partial charge in [-0.05, 0) is 42.3 Å². The first kappa shape index (κ1) is 22.9. The number of nitrogens with zero attached hydrogens (tertiary/aromatic N) is 4. The van der Waals surface area contributed by atoms with Crippen molar-refractivity contribution in [2.45, 2.75) is 24.7 Å². The normalized spacial score (nSPS) is 13.3. The zero-order valence-electron chi connectivity index (χ0n) is 19.3. The number of ether oxygens (including phenoxy) is 2. The second kappa shape index (κ2) is 10.6. The van der Waals surface area contributed by atoms with E-state index in [0.717, 1.165) is 28.3 Å². The maximum Gasteiger partial charge on any atom is 0.230 e. The molecule has 0 spiro atoms. The monoisotopic (exact) mass is 487 g/mol. The zero-order valence-corrected chi connectivity index (χ0v) is 20.1. The molecule has 0 bridgehead atoms. The Morgan fingerprint density at radius 2 is 1.89 bits per heavy atom. The van der Waals surface area contributed by atoms with E-state index in [1.807, 2.05) is 60.0 Å². The molecule has 4 aromatic rings. The van der Waals surface area contributed by atoms with Gasteiger partial charge in [-0.15, -0.1) is 10.2 Å². The summed E-state index contributed by atoms with van der Waals surface area (Å²) in [6, 6.07) is 19.5. The molecule has 9 heteroatoms. The average Bonchev–Trinajstić information content (AvgIpc) is 3.30. The molecule has 1 aliphatic rings. The van der Waals surface area contributed by atoms with Crippen molar-refractivity contribution in [1.29, 1.82) is 0 Å². The second-order valence-corrected chi connectivity index (χ2v) is 9.04. The number of hydrogen-bond donors (Lipinski definition) is 1. The van der Waals surface area contributed by atoms with E-state index in [1.165, 1.54) is 11.8 Å². The van der Waals surface area contributed by atoms with Gasteiger partial charge in [0, 0.05) is 18.0 Å². The number of nitrogens with one attached hydrogen (secondary N) is 1. The van der Waals surface area contributed by atoms with Crippen LogP contribution in [0.25, 0.3) is 11.4 Å². The molecule has 2 aromatic heterocycles. The predicted molar refractivity (Wildman–Crippen MR) is 134 cm³/mol. The topological polar surface area (TPSA) is 91.2 Å². The molecule has 178 valence electrons. The van der Waals surface area contributed by atoms with E-state index in [0.29, 0.717) is 30.7 Å². The molecule has 0 radical (unpaired) electrons. The van der Waals surface area contributed by atoms with Gasteiger partial charge in [0.25, 0.3) is 0 Å². The lowest BCUT2D eigenvalue weighted by atomic mass is 10.1. The molecule has 1 atom stereocenters. The molecular formula is C26H25N5O3S. The first-order chi connectivity index (χ1) is 17.2. The number of hydrogen-bond acceptors (Lipinski definition) is 7. The number of benzene rings is 2. The van der Waals surface area contributed by atoms with Crippen molar-refractivity contribution >= 4 is 17.7 Å². The van der Waals surface area contributed by atoms with Crippen LogP contribution in [-0.4, -0.2) is 44.6 Å². The van der Waals surface area contributed by atoms with Crippen molar-refractivity contribution in [2.75, 3.05) is 19.0 Å². The molecule has 35 heavy (non-hydrogen) atoms. The fraction of sp³-hybridized carbons (Fsp3) is 0.231. The molecule has 5 rings (SSSR count). The van der Waals surface area contributed by atoms with Gasteiger partial charge in [-0.1, -0.05) is 48.2 Å². The summed E-state index contributed by atoms with van der Waals surface area (Å²) in [6.45, 7) is 3.62. The van der Waals surface area contributed by atoms with Crippen molar-refractivity contribution < 1.29 is 14.3 Å². The van der Waals surface area contributed by atoms with Crippen molar-refractivity contribution in [2.24, 2.45) is 0 Å². The summed E-state index contributed by atoms with van der Waals surface area (Å²) in [7, 11) is 0. The molecule has 0 saturated heterocycles. The maximum absolute atomic E-state index is 12.8. The largest absolute Gasteiger partial charge is 0.486 e. The number of amides is 1.